The molecule has 0 fully saturated rings. The average molecular weight is 1960 g/mol. The Labute approximate surface area is 801 Å². The van der Waals surface area contributed by atoms with Gasteiger partial charge in [0.25, 0.3) is 0 Å². The van der Waals surface area contributed by atoms with E-state index < -0.39 is 302 Å². The predicted molar refractivity (Wildman–Crippen MR) is 508 cm³/mol. The van der Waals surface area contributed by atoms with Crippen LogP contribution in [0.5, 0.6) is 0 Å². The van der Waals surface area contributed by atoms with E-state index in [4.69, 9.17) is 95.2 Å². The molecule has 46 N–H and O–H groups in total. The van der Waals surface area contributed by atoms with Gasteiger partial charge in [0.1, 0.15) is 24.2 Å². The Morgan fingerprint density at radius 1 is 0.261 bits per heavy atom. The van der Waals surface area contributed by atoms with Crippen molar-refractivity contribution in [3.8, 4) is 0 Å². The van der Waals surface area contributed by atoms with Gasteiger partial charge in [0.15, 0.2) is 70.6 Å². The zero-order chi connectivity index (χ0) is 105. The fourth-order valence-electron chi connectivity index (χ4n) is 14.4. The highest BCUT2D eigenvalue weighted by Crippen LogP contribution is 2.24. The van der Waals surface area contributed by atoms with Crippen molar-refractivity contribution in [1.29, 1.82) is 37.9 Å². The Balaban J connectivity index is 7.93. The number of carbonyl (C=O) groups excluding carboxylic acids is 16. The molecule has 54 heteroatoms. The van der Waals surface area contributed by atoms with Crippen LogP contribution in [0, 0.1) is 73.4 Å². The molecular formula is C84H153N33O21. The summed E-state index contributed by atoms with van der Waals surface area (Å²) in [6, 6.07) is -15.3. The summed E-state index contributed by atoms with van der Waals surface area (Å²) >= 11 is 0. The van der Waals surface area contributed by atoms with Gasteiger partial charge in [-0.2, -0.15) is 0 Å². The highest BCUT2D eigenvalue weighted by molar-refractivity contribution is 6.01. The SMILES string of the molecule is CCCC(=O)C(CCC(N)=O)NC(=O)C(CCCNC(=N)N)CC(=O)C(CCC(=O)O)NC(=O)C(CCCNC(=N)N)NC(=O)C(CCCNC(=N)N)NC(=O)C(CC(=O)C(CCCNC(=N)N)NC(=O)C(CO)CC(=O)C(CCC(N)=O)NC(=O)C(CCCNC(=N)N)CC(=O)C(CCC(=O)O)NC(=O)C(CCCNC(=N)N)NC(=O)C(CCCNC(=N)N)NC(=O)C(N)CC(C)C)CC(C)C. The summed E-state index contributed by atoms with van der Waals surface area (Å²) in [6.07, 6.45) is -8.43. The van der Waals surface area contributed by atoms with Crippen LogP contribution in [0.3, 0.4) is 0 Å². The summed E-state index contributed by atoms with van der Waals surface area (Å²) in [5.41, 5.74) is 55.7. The number of hydrogen-bond donors (Lipinski definition) is 36. The summed E-state index contributed by atoms with van der Waals surface area (Å²) in [4.78, 5) is 251. The lowest BCUT2D eigenvalue weighted by molar-refractivity contribution is -0.139. The van der Waals surface area contributed by atoms with Crippen molar-refractivity contribution in [2.75, 3.05) is 52.4 Å². The summed E-state index contributed by atoms with van der Waals surface area (Å²) in [5.74, 6) is -27.1. The molecule has 14 unspecified atom stereocenters. The number of rotatable bonds is 78. The number of guanidine groups is 7. The normalized spacial score (nSPS) is 14.0. The maximum Gasteiger partial charge on any atom is 0.303 e. The second-order valence-electron chi connectivity index (χ2n) is 34.5. The van der Waals surface area contributed by atoms with Gasteiger partial charge in [-0.1, -0.05) is 34.6 Å². The minimum Gasteiger partial charge on any atom is -0.481 e. The predicted octanol–water partition coefficient (Wildman–Crippen LogP) is -7.46. The molecule has 0 aliphatic rings. The largest absolute Gasteiger partial charge is 0.481 e. The zero-order valence-corrected chi connectivity index (χ0v) is 79.6. The van der Waals surface area contributed by atoms with Crippen molar-refractivity contribution < 1.29 is 102 Å². The van der Waals surface area contributed by atoms with E-state index in [0.29, 0.717) is 6.42 Å². The summed E-state index contributed by atoms with van der Waals surface area (Å²) in [6.45, 7) is 7.35. The third kappa shape index (κ3) is 57.9. The number of nitrogens with one attached hydrogen (secondary N) is 23. The number of ketones is 5. The van der Waals surface area contributed by atoms with E-state index in [2.05, 4.69) is 85.1 Å². The molecule has 0 radical (unpaired) electrons. The van der Waals surface area contributed by atoms with Crippen molar-refractivity contribution in [2.24, 2.45) is 92.8 Å². The Morgan fingerprint density at radius 2 is 0.478 bits per heavy atom. The van der Waals surface area contributed by atoms with E-state index in [1.54, 1.807) is 20.8 Å². The Hall–Kier alpha value is -13.7. The lowest BCUT2D eigenvalue weighted by Crippen LogP contribution is -2.57. The molecule has 11 amide bonds. The molecule has 0 aromatic heterocycles. The van der Waals surface area contributed by atoms with Crippen molar-refractivity contribution in [3.05, 3.63) is 0 Å². The molecule has 0 aliphatic carbocycles. The van der Waals surface area contributed by atoms with Gasteiger partial charge in [0, 0.05) is 121 Å². The van der Waals surface area contributed by atoms with Crippen molar-refractivity contribution in [2.45, 2.75) is 288 Å². The van der Waals surface area contributed by atoms with Crippen LogP contribution < -0.4 is 142 Å². The molecule has 0 saturated carbocycles. The first kappa shape index (κ1) is 124. The molecular weight excluding hydrogens is 1810 g/mol. The van der Waals surface area contributed by atoms with Gasteiger partial charge in [-0.3, -0.25) is 124 Å². The second kappa shape index (κ2) is 69.1. The fourth-order valence-corrected chi connectivity index (χ4v) is 14.4. The topological polar surface area (TPSA) is 988 Å². The number of nitrogens with two attached hydrogens (primary N) is 10. The van der Waals surface area contributed by atoms with E-state index >= 15 is 0 Å². The molecule has 54 nitrogen and oxygen atoms in total. The van der Waals surface area contributed by atoms with E-state index in [-0.39, 0.29) is 180 Å². The molecule has 0 aromatic rings. The number of amides is 11. The number of carboxylic acids is 2. The number of aliphatic carboxylic acids is 2. The van der Waals surface area contributed by atoms with Crippen LogP contribution in [0.25, 0.3) is 0 Å². The smallest absolute Gasteiger partial charge is 0.303 e. The van der Waals surface area contributed by atoms with Crippen molar-refractivity contribution in [1.82, 2.24) is 85.1 Å². The first-order valence-electron chi connectivity index (χ1n) is 46.1. The minimum atomic E-state index is -1.77. The first-order chi connectivity index (χ1) is 64.8. The van der Waals surface area contributed by atoms with Crippen LogP contribution >= 0.6 is 0 Å². The Morgan fingerprint density at radius 3 is 0.746 bits per heavy atom. The summed E-state index contributed by atoms with van der Waals surface area (Å²) in [7, 11) is 0. The number of hydrogen-bond acceptors (Lipinski definition) is 27. The Bertz CT molecular complexity index is 4100. The maximum atomic E-state index is 15.0. The van der Waals surface area contributed by atoms with Gasteiger partial charge in [0.05, 0.1) is 48.8 Å². The molecule has 0 spiro atoms. The first-order valence-corrected chi connectivity index (χ1v) is 46.1. The molecule has 0 rings (SSSR count). The molecule has 138 heavy (non-hydrogen) atoms. The zero-order valence-electron chi connectivity index (χ0n) is 79.6. The van der Waals surface area contributed by atoms with Gasteiger partial charge in [-0.15, -0.1) is 0 Å². The van der Waals surface area contributed by atoms with E-state index in [1.807, 2.05) is 13.8 Å². The number of aliphatic hydroxyl groups excluding tert-OH is 1. The van der Waals surface area contributed by atoms with Crippen LogP contribution in [0.1, 0.15) is 227 Å². The highest BCUT2D eigenvalue weighted by Gasteiger charge is 2.40. The van der Waals surface area contributed by atoms with Gasteiger partial charge >= 0.3 is 11.9 Å². The van der Waals surface area contributed by atoms with E-state index in [1.165, 1.54) is 0 Å². The monoisotopic (exact) mass is 1960 g/mol. The number of carbonyl (C=O) groups is 18. The molecule has 0 heterocycles. The molecule has 0 aliphatic heterocycles. The van der Waals surface area contributed by atoms with Crippen LogP contribution in [0.4, 0.5) is 0 Å². The van der Waals surface area contributed by atoms with E-state index in [0.717, 1.165) is 0 Å². The quantitative estimate of drug-likeness (QED) is 0.0153. The minimum absolute atomic E-state index is 0.00349. The molecule has 14 atom stereocenters. The number of Topliss-reactive ketones (excluding diaryl/α,β-unsaturated/α-hetero) is 5. The standard InChI is InChI=1S/C84H153N33O21/c1-6-14-60(119)52(22-26-65(86)124)110-69(130)46(15-7-30-102-78(88)89)39-61(120)54(24-28-67(126)127)112-74(135)58(20-12-35-107-83(98)99)116-76(137)56(18-10-33-105-81(94)95)114-71(132)48(37-44(2)3)41-63(122)51(17-9-32-104-80(92)93)109-72(133)49(43-118)42-64(123)53(23-27-66(87)125)111-70(131)47(16-8-31-103-79(90)91)40-62(121)55(25-29-68(128)129)113-75(136)59(21-13-36-108-84(100)101)117-77(138)57(19-11-34-106-82(96)97)115-73(134)50(85)38-45(4)5/h44-59,118H,6-43,85H2,1-5H3,(H2,86,124)(H2,87,125)(H,109,133)(H,110,130)(H,111,131)(H,112,135)(H,113,136)(H,114,132)(H,115,134)(H,116,137)(H,117,138)(H,126,127)(H,128,129)(H4,88,89,102)(H4,90,91,103)(H4,92,93,104)(H4,94,95,105)(H4,96,97,106)(H4,98,99,107)(H4,100,101,108). The summed E-state index contributed by atoms with van der Waals surface area (Å²) in [5, 5.41) is 125. The fraction of sp³-hybridized carbons (Fsp3) is 0.702. The van der Waals surface area contributed by atoms with E-state index in [9.17, 15) is 102 Å². The van der Waals surface area contributed by atoms with Gasteiger partial charge in [-0.25, -0.2) is 0 Å². The Kier molecular flexibility index (Phi) is 62.3. The molecule has 0 saturated heterocycles. The number of aliphatic hydroxyl groups is 1. The van der Waals surface area contributed by atoms with Gasteiger partial charge in [-0.05, 0) is 147 Å². The lowest BCUT2D eigenvalue weighted by atomic mass is 9.88. The second-order valence-corrected chi connectivity index (χ2v) is 34.5. The average Bonchev–Trinajstić information content (AvgIpc) is 0.862. The van der Waals surface area contributed by atoms with Crippen molar-refractivity contribution >= 4 is 148 Å². The number of primary amides is 2. The third-order valence-corrected chi connectivity index (χ3v) is 21.5. The van der Waals surface area contributed by atoms with Gasteiger partial charge in [0.2, 0.25) is 65.0 Å². The summed E-state index contributed by atoms with van der Waals surface area (Å²) < 4.78 is 0. The van der Waals surface area contributed by atoms with Crippen LogP contribution in [0.15, 0.2) is 0 Å². The van der Waals surface area contributed by atoms with Crippen LogP contribution in [-0.4, -0.2) is 276 Å². The van der Waals surface area contributed by atoms with Gasteiger partial charge < -0.3 is 158 Å². The third-order valence-electron chi connectivity index (χ3n) is 21.5. The molecule has 780 valence electrons. The highest BCUT2D eigenvalue weighted by atomic mass is 16.4. The van der Waals surface area contributed by atoms with Crippen LogP contribution in [0.2, 0.25) is 0 Å². The number of carboxylic acid groups (broad SMARTS) is 2. The lowest BCUT2D eigenvalue weighted by Gasteiger charge is -2.28. The maximum absolute atomic E-state index is 15.0. The van der Waals surface area contributed by atoms with Crippen molar-refractivity contribution in [3.63, 3.8) is 0 Å². The van der Waals surface area contributed by atoms with Crippen LogP contribution in [-0.2, 0) is 86.3 Å². The molecule has 0 aromatic carbocycles. The molecule has 0 bridgehead atoms.